The zero-order valence-electron chi connectivity index (χ0n) is 12.6. The highest BCUT2D eigenvalue weighted by molar-refractivity contribution is 5.95. The van der Waals surface area contributed by atoms with E-state index in [0.29, 0.717) is 13.1 Å². The summed E-state index contributed by atoms with van der Waals surface area (Å²) in [4.78, 5) is 26.7. The summed E-state index contributed by atoms with van der Waals surface area (Å²) in [7, 11) is 3.36. The number of aryl methyl sites for hydroxylation is 1. The van der Waals surface area contributed by atoms with E-state index in [1.54, 1.807) is 19.0 Å². The Hall–Kier alpha value is -2.08. The summed E-state index contributed by atoms with van der Waals surface area (Å²) in [5.74, 6) is -0.0611. The minimum absolute atomic E-state index is 0.0381. The molecule has 0 bridgehead atoms. The van der Waals surface area contributed by atoms with Gasteiger partial charge in [-0.1, -0.05) is 17.7 Å². The van der Waals surface area contributed by atoms with E-state index in [1.165, 1.54) is 4.90 Å². The van der Waals surface area contributed by atoms with Crippen LogP contribution in [0.1, 0.15) is 5.56 Å². The van der Waals surface area contributed by atoms with E-state index in [0.717, 1.165) is 11.3 Å². The lowest BCUT2D eigenvalue weighted by Crippen LogP contribution is -2.51. The molecule has 6 nitrogen and oxygen atoms in total. The molecule has 1 N–H and O–H groups in total. The summed E-state index contributed by atoms with van der Waals surface area (Å²) in [6.45, 7) is 2.86. The average Bonchev–Trinajstić information content (AvgIpc) is 2.47. The zero-order valence-corrected chi connectivity index (χ0v) is 12.6. The first-order valence-electron chi connectivity index (χ1n) is 6.91. The van der Waals surface area contributed by atoms with Gasteiger partial charge < -0.3 is 19.9 Å². The smallest absolute Gasteiger partial charge is 0.316 e. The third-order valence-electron chi connectivity index (χ3n) is 3.36. The summed E-state index contributed by atoms with van der Waals surface area (Å²) in [6, 6.07) is 7.63. The maximum atomic E-state index is 12.0. The van der Waals surface area contributed by atoms with E-state index >= 15 is 0 Å². The highest BCUT2D eigenvalue weighted by Crippen LogP contribution is 2.19. The number of urea groups is 1. The second kappa shape index (κ2) is 6.58. The highest BCUT2D eigenvalue weighted by atomic mass is 16.5. The van der Waals surface area contributed by atoms with Gasteiger partial charge in [-0.3, -0.25) is 4.79 Å². The molecule has 114 valence electrons. The number of hydrogen-bond donors (Lipinski definition) is 1. The van der Waals surface area contributed by atoms with Crippen LogP contribution in [0.15, 0.2) is 24.3 Å². The van der Waals surface area contributed by atoms with Crippen LogP contribution in [0.3, 0.4) is 0 Å². The molecule has 1 heterocycles. The molecule has 21 heavy (non-hydrogen) atoms. The van der Waals surface area contributed by atoms with Crippen LogP contribution in [0.4, 0.5) is 10.5 Å². The van der Waals surface area contributed by atoms with Crippen molar-refractivity contribution in [2.24, 2.45) is 0 Å². The Morgan fingerprint density at radius 2 is 2.05 bits per heavy atom. The van der Waals surface area contributed by atoms with Crippen LogP contribution in [0, 0.1) is 6.92 Å². The molecule has 0 radical (unpaired) electrons. The van der Waals surface area contributed by atoms with Gasteiger partial charge in [0.1, 0.15) is 6.61 Å². The van der Waals surface area contributed by atoms with Gasteiger partial charge in [0.05, 0.1) is 12.6 Å². The van der Waals surface area contributed by atoms with Gasteiger partial charge in [-0.05, 0) is 19.1 Å². The number of nitrogens with zero attached hydrogens (tertiary/aromatic N) is 2. The molecule has 0 spiro atoms. The van der Waals surface area contributed by atoms with E-state index in [1.807, 2.05) is 31.2 Å². The van der Waals surface area contributed by atoms with E-state index in [9.17, 15) is 9.59 Å². The van der Waals surface area contributed by atoms with E-state index in [-0.39, 0.29) is 24.6 Å². The summed E-state index contributed by atoms with van der Waals surface area (Å²) in [5.41, 5.74) is 2.01. The SMILES string of the molecule is Cc1ccc(N2CC(CNC(=O)N(C)C)OCC2=O)cc1. The minimum Gasteiger partial charge on any atom is -0.365 e. The number of hydrogen-bond acceptors (Lipinski definition) is 3. The van der Waals surface area contributed by atoms with Gasteiger partial charge in [0.25, 0.3) is 5.91 Å². The molecule has 1 saturated heterocycles. The van der Waals surface area contributed by atoms with Crippen LogP contribution >= 0.6 is 0 Å². The normalized spacial score (nSPS) is 18.5. The molecule has 1 aromatic carbocycles. The molecule has 1 unspecified atom stereocenters. The van der Waals surface area contributed by atoms with Crippen molar-refractivity contribution in [3.05, 3.63) is 29.8 Å². The van der Waals surface area contributed by atoms with Gasteiger partial charge >= 0.3 is 6.03 Å². The maximum Gasteiger partial charge on any atom is 0.316 e. The molecule has 1 aromatic rings. The van der Waals surface area contributed by atoms with Crippen LogP contribution in [-0.4, -0.2) is 56.7 Å². The predicted octanol–water partition coefficient (Wildman–Crippen LogP) is 0.998. The van der Waals surface area contributed by atoms with Crippen LogP contribution in [0.5, 0.6) is 0 Å². The Morgan fingerprint density at radius 3 is 2.67 bits per heavy atom. The number of morpholine rings is 1. The Balaban J connectivity index is 1.97. The summed E-state index contributed by atoms with van der Waals surface area (Å²) in [6.07, 6.45) is -0.201. The van der Waals surface area contributed by atoms with Crippen LogP contribution < -0.4 is 10.2 Å². The molecule has 3 amide bonds. The second-order valence-corrected chi connectivity index (χ2v) is 5.35. The first kappa shape index (κ1) is 15.3. The quantitative estimate of drug-likeness (QED) is 0.903. The van der Waals surface area contributed by atoms with Crippen molar-refractivity contribution < 1.29 is 14.3 Å². The summed E-state index contributed by atoms with van der Waals surface area (Å²) in [5, 5.41) is 2.77. The molecule has 0 saturated carbocycles. The largest absolute Gasteiger partial charge is 0.365 e. The van der Waals surface area contributed by atoms with Crippen molar-refractivity contribution in [1.82, 2.24) is 10.2 Å². The van der Waals surface area contributed by atoms with Crippen LogP contribution in [0.25, 0.3) is 0 Å². The molecule has 0 aromatic heterocycles. The lowest BCUT2D eigenvalue weighted by molar-refractivity contribution is -0.129. The van der Waals surface area contributed by atoms with Gasteiger partial charge in [-0.2, -0.15) is 0 Å². The molecule has 1 aliphatic heterocycles. The average molecular weight is 291 g/mol. The number of ether oxygens (including phenoxy) is 1. The number of benzene rings is 1. The number of carbonyl (C=O) groups excluding carboxylic acids is 2. The fraction of sp³-hybridized carbons (Fsp3) is 0.467. The molecule has 1 aliphatic rings. The topological polar surface area (TPSA) is 61.9 Å². The third kappa shape index (κ3) is 3.95. The van der Waals surface area contributed by atoms with Crippen LogP contribution in [-0.2, 0) is 9.53 Å². The van der Waals surface area contributed by atoms with Crippen molar-refractivity contribution in [2.45, 2.75) is 13.0 Å². The predicted molar refractivity (Wildman–Crippen MR) is 80.4 cm³/mol. The Labute approximate surface area is 124 Å². The molecule has 1 atom stereocenters. The van der Waals surface area contributed by atoms with Crippen molar-refractivity contribution in [3.8, 4) is 0 Å². The van der Waals surface area contributed by atoms with Gasteiger partial charge in [0.2, 0.25) is 0 Å². The van der Waals surface area contributed by atoms with Gasteiger partial charge in [0, 0.05) is 26.3 Å². The highest BCUT2D eigenvalue weighted by Gasteiger charge is 2.27. The summed E-state index contributed by atoms with van der Waals surface area (Å²) >= 11 is 0. The number of nitrogens with one attached hydrogen (secondary N) is 1. The van der Waals surface area contributed by atoms with Gasteiger partial charge in [-0.15, -0.1) is 0 Å². The number of anilines is 1. The molecule has 6 heteroatoms. The fourth-order valence-electron chi connectivity index (χ4n) is 2.08. The Kier molecular flexibility index (Phi) is 4.80. The standard InChI is InChI=1S/C15H21N3O3/c1-11-4-6-12(7-5-11)18-9-13(21-10-14(18)19)8-16-15(20)17(2)3/h4-7,13H,8-10H2,1-3H3,(H,16,20). The van der Waals surface area contributed by atoms with E-state index < -0.39 is 0 Å². The fourth-order valence-corrected chi connectivity index (χ4v) is 2.08. The lowest BCUT2D eigenvalue weighted by Gasteiger charge is -2.33. The number of carbonyl (C=O) groups is 2. The van der Waals surface area contributed by atoms with Crippen molar-refractivity contribution in [3.63, 3.8) is 0 Å². The lowest BCUT2D eigenvalue weighted by atomic mass is 10.2. The van der Waals surface area contributed by atoms with Crippen molar-refractivity contribution >= 4 is 17.6 Å². The summed E-state index contributed by atoms with van der Waals surface area (Å²) < 4.78 is 5.47. The molecule has 0 aliphatic carbocycles. The van der Waals surface area contributed by atoms with Crippen LogP contribution in [0.2, 0.25) is 0 Å². The van der Waals surface area contributed by atoms with E-state index in [4.69, 9.17) is 4.74 Å². The Morgan fingerprint density at radius 1 is 1.38 bits per heavy atom. The van der Waals surface area contributed by atoms with Crippen molar-refractivity contribution in [1.29, 1.82) is 0 Å². The Bertz CT molecular complexity index is 513. The molecular weight excluding hydrogens is 270 g/mol. The minimum atomic E-state index is -0.201. The van der Waals surface area contributed by atoms with Gasteiger partial charge in [0.15, 0.2) is 0 Å². The second-order valence-electron chi connectivity index (χ2n) is 5.35. The third-order valence-corrected chi connectivity index (χ3v) is 3.36. The maximum absolute atomic E-state index is 12.0. The van der Waals surface area contributed by atoms with E-state index in [2.05, 4.69) is 5.32 Å². The number of amides is 3. The first-order chi connectivity index (χ1) is 9.97. The zero-order chi connectivity index (χ0) is 15.4. The molecule has 2 rings (SSSR count). The van der Waals surface area contributed by atoms with Gasteiger partial charge in [-0.25, -0.2) is 4.79 Å². The first-order valence-corrected chi connectivity index (χ1v) is 6.91. The number of rotatable bonds is 3. The molecular formula is C15H21N3O3. The monoisotopic (exact) mass is 291 g/mol. The molecule has 1 fully saturated rings. The van der Waals surface area contributed by atoms with Crippen molar-refractivity contribution in [2.75, 3.05) is 38.7 Å².